The van der Waals surface area contributed by atoms with E-state index in [9.17, 15) is 9.59 Å². The Balaban J connectivity index is 1.56. The average molecular weight is 566 g/mol. The van der Waals surface area contributed by atoms with Crippen molar-refractivity contribution in [3.8, 4) is 17.2 Å². The predicted molar refractivity (Wildman–Crippen MR) is 152 cm³/mol. The number of para-hydroxylation sites is 1. The predicted octanol–water partition coefficient (Wildman–Crippen LogP) is 3.65. The van der Waals surface area contributed by atoms with Crippen molar-refractivity contribution in [1.29, 1.82) is 0 Å². The second-order valence-corrected chi connectivity index (χ2v) is 10.6. The van der Waals surface area contributed by atoms with E-state index in [1.165, 1.54) is 21.3 Å². The Morgan fingerprint density at radius 1 is 1.02 bits per heavy atom. The molecule has 1 aromatic heterocycles. The molecule has 5 rings (SSSR count). The number of hydrogen-bond acceptors (Lipinski definition) is 8. The van der Waals surface area contributed by atoms with Gasteiger partial charge in [-0.05, 0) is 55.5 Å². The van der Waals surface area contributed by atoms with Crippen LogP contribution < -0.4 is 19.5 Å². The number of fused-ring (bicyclic) bond motifs is 1. The number of carbonyl (C=O) groups excluding carboxylic acids is 2. The van der Waals surface area contributed by atoms with Crippen LogP contribution in [0.4, 0.5) is 0 Å². The molecular formula is C30H39N5O6. The molecule has 2 fully saturated rings. The molecule has 1 saturated carbocycles. The standard InChI is InChI=1S/C30H39N5O6/c1-38-25-16-20(17-26(39-2)29(25)40-3)28(30(37)31-18-22-12-9-15-41-22)35(21-10-5-4-6-11-21)27(36)19-34-24-14-8-7-13-23(24)32-33-34/h7-8,13-14,16-17,21-22,28H,4-6,9-12,15,18-19H2,1-3H3,(H,31,37)/t22-,28-/m0/s1. The third-order valence-corrected chi connectivity index (χ3v) is 8.02. The lowest BCUT2D eigenvalue weighted by molar-refractivity contribution is -0.145. The molecule has 1 aliphatic carbocycles. The molecule has 1 saturated heterocycles. The number of rotatable bonds is 11. The molecule has 1 aliphatic heterocycles. The molecule has 2 heterocycles. The minimum atomic E-state index is -0.935. The third kappa shape index (κ3) is 6.24. The van der Waals surface area contributed by atoms with Crippen LogP contribution in [0.15, 0.2) is 36.4 Å². The van der Waals surface area contributed by atoms with Crippen LogP contribution in [0, 0.1) is 0 Å². The summed E-state index contributed by atoms with van der Waals surface area (Å²) < 4.78 is 24.2. The van der Waals surface area contributed by atoms with Gasteiger partial charge in [0, 0.05) is 19.2 Å². The zero-order chi connectivity index (χ0) is 28.8. The maximum absolute atomic E-state index is 14.3. The molecule has 2 aliphatic rings. The first kappa shape index (κ1) is 28.7. The second kappa shape index (κ2) is 13.2. The van der Waals surface area contributed by atoms with Crippen molar-refractivity contribution in [2.24, 2.45) is 0 Å². The lowest BCUT2D eigenvalue weighted by Gasteiger charge is -2.40. The Bertz CT molecular complexity index is 1320. The molecule has 41 heavy (non-hydrogen) atoms. The maximum atomic E-state index is 14.3. The van der Waals surface area contributed by atoms with E-state index in [1.54, 1.807) is 21.7 Å². The molecule has 2 aromatic carbocycles. The largest absolute Gasteiger partial charge is 0.493 e. The zero-order valence-corrected chi connectivity index (χ0v) is 24.0. The minimum absolute atomic E-state index is 0.0418. The first-order chi connectivity index (χ1) is 20.0. The van der Waals surface area contributed by atoms with Crippen LogP contribution in [0.3, 0.4) is 0 Å². The highest BCUT2D eigenvalue weighted by atomic mass is 16.5. The van der Waals surface area contributed by atoms with Gasteiger partial charge in [-0.2, -0.15) is 0 Å². The van der Waals surface area contributed by atoms with Gasteiger partial charge < -0.3 is 29.2 Å². The Kier molecular flexibility index (Phi) is 9.23. The van der Waals surface area contributed by atoms with Gasteiger partial charge in [-0.15, -0.1) is 5.10 Å². The van der Waals surface area contributed by atoms with Crippen molar-refractivity contribution in [3.63, 3.8) is 0 Å². The summed E-state index contributed by atoms with van der Waals surface area (Å²) in [5.41, 5.74) is 2.04. The first-order valence-corrected chi connectivity index (χ1v) is 14.3. The van der Waals surface area contributed by atoms with Crippen LogP contribution in [-0.2, 0) is 20.9 Å². The van der Waals surface area contributed by atoms with Gasteiger partial charge >= 0.3 is 0 Å². The quantitative estimate of drug-likeness (QED) is 0.375. The van der Waals surface area contributed by atoms with Crippen molar-refractivity contribution < 1.29 is 28.5 Å². The zero-order valence-electron chi connectivity index (χ0n) is 24.0. The van der Waals surface area contributed by atoms with Gasteiger partial charge in [0.05, 0.1) is 33.0 Å². The first-order valence-electron chi connectivity index (χ1n) is 14.3. The Labute approximate surface area is 240 Å². The summed E-state index contributed by atoms with van der Waals surface area (Å²) in [4.78, 5) is 30.2. The van der Waals surface area contributed by atoms with E-state index in [4.69, 9.17) is 18.9 Å². The van der Waals surface area contributed by atoms with Crippen LogP contribution >= 0.6 is 0 Å². The van der Waals surface area contributed by atoms with Gasteiger partial charge in [0.15, 0.2) is 11.5 Å². The van der Waals surface area contributed by atoms with E-state index in [-0.39, 0.29) is 30.5 Å². The monoisotopic (exact) mass is 565 g/mol. The van der Waals surface area contributed by atoms with Crippen LogP contribution in [0.5, 0.6) is 17.2 Å². The fourth-order valence-corrected chi connectivity index (χ4v) is 5.98. The summed E-state index contributed by atoms with van der Waals surface area (Å²) >= 11 is 0. The van der Waals surface area contributed by atoms with E-state index in [2.05, 4.69) is 15.6 Å². The molecule has 0 bridgehead atoms. The number of nitrogens with zero attached hydrogens (tertiary/aromatic N) is 4. The summed E-state index contributed by atoms with van der Waals surface area (Å²) in [6.45, 7) is 1.02. The number of hydrogen-bond donors (Lipinski definition) is 1. The minimum Gasteiger partial charge on any atom is -0.493 e. The Morgan fingerprint density at radius 3 is 2.41 bits per heavy atom. The fourth-order valence-electron chi connectivity index (χ4n) is 5.98. The molecule has 220 valence electrons. The van der Waals surface area contributed by atoms with Gasteiger partial charge in [-0.25, -0.2) is 4.68 Å². The van der Waals surface area contributed by atoms with Crippen molar-refractivity contribution in [2.45, 2.75) is 69.7 Å². The maximum Gasteiger partial charge on any atom is 0.247 e. The Morgan fingerprint density at radius 2 is 1.76 bits per heavy atom. The molecule has 0 spiro atoms. The fraction of sp³-hybridized carbons (Fsp3) is 0.533. The highest BCUT2D eigenvalue weighted by Crippen LogP contribution is 2.42. The number of amides is 2. The second-order valence-electron chi connectivity index (χ2n) is 10.6. The third-order valence-electron chi connectivity index (χ3n) is 8.02. The molecule has 3 aromatic rings. The van der Waals surface area contributed by atoms with Gasteiger partial charge in [0.1, 0.15) is 18.1 Å². The highest BCUT2D eigenvalue weighted by molar-refractivity contribution is 5.90. The van der Waals surface area contributed by atoms with E-state index in [0.29, 0.717) is 41.5 Å². The summed E-state index contributed by atoms with van der Waals surface area (Å²) in [5, 5.41) is 11.6. The molecule has 11 nitrogen and oxygen atoms in total. The van der Waals surface area contributed by atoms with Gasteiger partial charge in [-0.3, -0.25) is 9.59 Å². The van der Waals surface area contributed by atoms with Gasteiger partial charge in [0.25, 0.3) is 0 Å². The highest BCUT2D eigenvalue weighted by Gasteiger charge is 2.38. The number of nitrogens with one attached hydrogen (secondary N) is 1. The van der Waals surface area contributed by atoms with Crippen molar-refractivity contribution >= 4 is 22.8 Å². The van der Waals surface area contributed by atoms with Gasteiger partial charge in [-0.1, -0.05) is 36.6 Å². The number of methoxy groups -OCH3 is 3. The summed E-state index contributed by atoms with van der Waals surface area (Å²) in [6.07, 6.45) is 6.51. The lowest BCUT2D eigenvalue weighted by atomic mass is 9.91. The molecule has 2 atom stereocenters. The normalized spacial score (nSPS) is 18.2. The summed E-state index contributed by atoms with van der Waals surface area (Å²) in [6, 6.07) is 9.98. The molecule has 11 heteroatoms. The van der Waals surface area contributed by atoms with Crippen molar-refractivity contribution in [1.82, 2.24) is 25.2 Å². The molecule has 2 amide bonds. The van der Waals surface area contributed by atoms with Crippen molar-refractivity contribution in [2.75, 3.05) is 34.5 Å². The van der Waals surface area contributed by atoms with Crippen LogP contribution in [0.2, 0.25) is 0 Å². The Hall–Kier alpha value is -3.86. The average Bonchev–Trinajstić information content (AvgIpc) is 3.68. The summed E-state index contributed by atoms with van der Waals surface area (Å²) in [5.74, 6) is 0.756. The number of carbonyl (C=O) groups is 2. The van der Waals surface area contributed by atoms with E-state index >= 15 is 0 Å². The number of ether oxygens (including phenoxy) is 4. The molecule has 0 radical (unpaired) electrons. The molecular weight excluding hydrogens is 526 g/mol. The molecule has 0 unspecified atom stereocenters. The molecule has 1 N–H and O–H groups in total. The van der Waals surface area contributed by atoms with E-state index in [1.807, 2.05) is 24.3 Å². The smallest absolute Gasteiger partial charge is 0.247 e. The number of aromatic nitrogens is 3. The van der Waals surface area contributed by atoms with Gasteiger partial charge in [0.2, 0.25) is 17.6 Å². The topological polar surface area (TPSA) is 117 Å². The van der Waals surface area contributed by atoms with Crippen LogP contribution in [-0.4, -0.2) is 78.3 Å². The van der Waals surface area contributed by atoms with E-state index < -0.39 is 6.04 Å². The van der Waals surface area contributed by atoms with Crippen molar-refractivity contribution in [3.05, 3.63) is 42.0 Å². The lowest BCUT2D eigenvalue weighted by Crippen LogP contribution is -2.51. The summed E-state index contributed by atoms with van der Waals surface area (Å²) in [7, 11) is 4.60. The SMILES string of the molecule is COc1cc([C@@H](C(=O)NC[C@@H]2CCCO2)N(C(=O)Cn2nnc3ccccc32)C2CCCCC2)cc(OC)c1OC. The number of benzene rings is 2. The van der Waals surface area contributed by atoms with Crippen LogP contribution in [0.25, 0.3) is 11.0 Å². The van der Waals surface area contributed by atoms with E-state index in [0.717, 1.165) is 50.5 Å². The van der Waals surface area contributed by atoms with Crippen LogP contribution in [0.1, 0.15) is 56.6 Å².